The first-order chi connectivity index (χ1) is 12.0. The average Bonchev–Trinajstić information content (AvgIpc) is 2.58. The molecule has 0 aliphatic carbocycles. The number of aliphatic imine (C=N–C) groups is 1. The van der Waals surface area contributed by atoms with Crippen LogP contribution < -0.4 is 4.74 Å². The molecule has 0 atom stereocenters. The zero-order chi connectivity index (χ0) is 18.4. The number of nitrogens with zero attached hydrogens (tertiary/aromatic N) is 1. The van der Waals surface area contributed by atoms with E-state index < -0.39 is 0 Å². The van der Waals surface area contributed by atoms with Crippen molar-refractivity contribution in [2.24, 2.45) is 4.99 Å². The van der Waals surface area contributed by atoms with Gasteiger partial charge >= 0.3 is 0 Å². The standard InChI is InChI=1S/C23H39NO/c1-5-6-7-8-9-10-11-12-13-16-19-25-22-18-15-14-17-21(22)20-24-23(2,3)4/h14-15,17-18,20H,5-13,16,19H2,1-4H3. The third-order valence-corrected chi connectivity index (χ3v) is 4.27. The molecule has 1 aromatic carbocycles. The third kappa shape index (κ3) is 11.8. The molecule has 142 valence electrons. The van der Waals surface area contributed by atoms with Gasteiger partial charge in [0.15, 0.2) is 0 Å². The summed E-state index contributed by atoms with van der Waals surface area (Å²) in [5.74, 6) is 0.950. The summed E-state index contributed by atoms with van der Waals surface area (Å²) in [6, 6.07) is 8.18. The predicted octanol–water partition coefficient (Wildman–Crippen LogP) is 7.20. The quantitative estimate of drug-likeness (QED) is 0.273. The fourth-order valence-corrected chi connectivity index (χ4v) is 2.75. The predicted molar refractivity (Wildman–Crippen MR) is 111 cm³/mol. The molecule has 25 heavy (non-hydrogen) atoms. The van der Waals surface area contributed by atoms with Gasteiger partial charge in [0.05, 0.1) is 12.1 Å². The van der Waals surface area contributed by atoms with E-state index in [1.807, 2.05) is 24.4 Å². The van der Waals surface area contributed by atoms with Crippen LogP contribution in [0.2, 0.25) is 0 Å². The van der Waals surface area contributed by atoms with Crippen molar-refractivity contribution in [3.05, 3.63) is 29.8 Å². The van der Waals surface area contributed by atoms with Crippen molar-refractivity contribution in [3.63, 3.8) is 0 Å². The van der Waals surface area contributed by atoms with E-state index in [2.05, 4.69) is 38.8 Å². The molecule has 2 nitrogen and oxygen atoms in total. The van der Waals surface area contributed by atoms with E-state index in [4.69, 9.17) is 4.74 Å². The fourth-order valence-electron chi connectivity index (χ4n) is 2.75. The Morgan fingerprint density at radius 3 is 2.00 bits per heavy atom. The van der Waals surface area contributed by atoms with Crippen LogP contribution in [0.1, 0.15) is 97.5 Å². The maximum absolute atomic E-state index is 5.98. The molecular formula is C23H39NO. The molecule has 1 aromatic rings. The van der Waals surface area contributed by atoms with E-state index in [1.165, 1.54) is 57.8 Å². The van der Waals surface area contributed by atoms with Gasteiger partial charge in [-0.25, -0.2) is 0 Å². The molecule has 0 spiro atoms. The Bertz CT molecular complexity index is 473. The summed E-state index contributed by atoms with van der Waals surface area (Å²) in [5, 5.41) is 0. The highest BCUT2D eigenvalue weighted by Gasteiger charge is 2.06. The first-order valence-corrected chi connectivity index (χ1v) is 10.3. The zero-order valence-corrected chi connectivity index (χ0v) is 17.0. The maximum Gasteiger partial charge on any atom is 0.128 e. The summed E-state index contributed by atoms with van der Waals surface area (Å²) in [6.07, 6.45) is 15.5. The van der Waals surface area contributed by atoms with Crippen molar-refractivity contribution < 1.29 is 4.74 Å². The second kappa shape index (κ2) is 13.0. The summed E-state index contributed by atoms with van der Waals surface area (Å²) < 4.78 is 5.98. The normalized spacial score (nSPS) is 12.0. The van der Waals surface area contributed by atoms with Gasteiger partial charge in [-0.3, -0.25) is 4.99 Å². The highest BCUT2D eigenvalue weighted by molar-refractivity contribution is 5.83. The summed E-state index contributed by atoms with van der Waals surface area (Å²) in [4.78, 5) is 4.59. The third-order valence-electron chi connectivity index (χ3n) is 4.27. The molecule has 0 unspecified atom stereocenters. The van der Waals surface area contributed by atoms with Crippen molar-refractivity contribution in [3.8, 4) is 5.75 Å². The lowest BCUT2D eigenvalue weighted by atomic mass is 10.1. The van der Waals surface area contributed by atoms with Gasteiger partial charge in [0, 0.05) is 11.8 Å². The van der Waals surface area contributed by atoms with Crippen LogP contribution in [0.25, 0.3) is 0 Å². The maximum atomic E-state index is 5.98. The lowest BCUT2D eigenvalue weighted by Gasteiger charge is -2.13. The Morgan fingerprint density at radius 1 is 0.840 bits per heavy atom. The molecule has 0 bridgehead atoms. The van der Waals surface area contributed by atoms with Crippen LogP contribution in [-0.2, 0) is 0 Å². The van der Waals surface area contributed by atoms with E-state index >= 15 is 0 Å². The Labute approximate surface area is 156 Å². The first-order valence-electron chi connectivity index (χ1n) is 10.3. The van der Waals surface area contributed by atoms with E-state index in [9.17, 15) is 0 Å². The van der Waals surface area contributed by atoms with Crippen LogP contribution in [0.15, 0.2) is 29.3 Å². The molecule has 0 saturated heterocycles. The zero-order valence-electron chi connectivity index (χ0n) is 17.0. The number of ether oxygens (including phenoxy) is 1. The molecule has 0 aromatic heterocycles. The van der Waals surface area contributed by atoms with Crippen molar-refractivity contribution in [2.45, 2.75) is 97.4 Å². The number of para-hydroxylation sites is 1. The molecule has 0 aliphatic rings. The summed E-state index contributed by atoms with van der Waals surface area (Å²) in [5.41, 5.74) is 1.02. The Balaban J connectivity index is 2.15. The summed E-state index contributed by atoms with van der Waals surface area (Å²) in [7, 11) is 0. The molecule has 0 amide bonds. The highest BCUT2D eigenvalue weighted by atomic mass is 16.5. The van der Waals surface area contributed by atoms with Crippen molar-refractivity contribution in [2.75, 3.05) is 6.61 Å². The second-order valence-electron chi connectivity index (χ2n) is 8.00. The van der Waals surface area contributed by atoms with Gasteiger partial charge in [0.2, 0.25) is 0 Å². The van der Waals surface area contributed by atoms with E-state index in [0.29, 0.717) is 0 Å². The number of hydrogen-bond acceptors (Lipinski definition) is 2. The molecule has 0 N–H and O–H groups in total. The van der Waals surface area contributed by atoms with Crippen LogP contribution in [0, 0.1) is 0 Å². The molecule has 0 saturated carbocycles. The van der Waals surface area contributed by atoms with Crippen molar-refractivity contribution in [1.82, 2.24) is 0 Å². The van der Waals surface area contributed by atoms with Crippen LogP contribution in [0.3, 0.4) is 0 Å². The number of rotatable bonds is 13. The Morgan fingerprint density at radius 2 is 1.40 bits per heavy atom. The smallest absolute Gasteiger partial charge is 0.128 e. The van der Waals surface area contributed by atoms with Gasteiger partial charge in [-0.1, -0.05) is 76.8 Å². The monoisotopic (exact) mass is 345 g/mol. The SMILES string of the molecule is CCCCCCCCCCCCOc1ccccc1C=NC(C)(C)C. The average molecular weight is 346 g/mol. The number of unbranched alkanes of at least 4 members (excludes halogenated alkanes) is 9. The van der Waals surface area contributed by atoms with E-state index in [1.54, 1.807) is 0 Å². The fraction of sp³-hybridized carbons (Fsp3) is 0.696. The van der Waals surface area contributed by atoms with Gasteiger partial charge in [-0.05, 0) is 39.3 Å². The topological polar surface area (TPSA) is 21.6 Å². The molecule has 0 radical (unpaired) electrons. The molecule has 1 rings (SSSR count). The van der Waals surface area contributed by atoms with Crippen LogP contribution >= 0.6 is 0 Å². The van der Waals surface area contributed by atoms with Gasteiger partial charge in [0.1, 0.15) is 5.75 Å². The first kappa shape index (κ1) is 21.7. The lowest BCUT2D eigenvalue weighted by Crippen LogP contribution is -2.10. The molecular weight excluding hydrogens is 306 g/mol. The summed E-state index contributed by atoms with van der Waals surface area (Å²) in [6.45, 7) is 9.40. The van der Waals surface area contributed by atoms with Gasteiger partial charge in [-0.15, -0.1) is 0 Å². The van der Waals surface area contributed by atoms with Gasteiger partial charge in [-0.2, -0.15) is 0 Å². The minimum Gasteiger partial charge on any atom is -0.493 e. The lowest BCUT2D eigenvalue weighted by molar-refractivity contribution is 0.304. The van der Waals surface area contributed by atoms with Crippen LogP contribution in [0.5, 0.6) is 5.75 Å². The highest BCUT2D eigenvalue weighted by Crippen LogP contribution is 2.18. The number of hydrogen-bond donors (Lipinski definition) is 0. The number of benzene rings is 1. The van der Waals surface area contributed by atoms with Crippen LogP contribution in [-0.4, -0.2) is 18.4 Å². The van der Waals surface area contributed by atoms with Gasteiger partial charge in [0.25, 0.3) is 0 Å². The van der Waals surface area contributed by atoms with Crippen molar-refractivity contribution in [1.29, 1.82) is 0 Å². The molecule has 2 heteroatoms. The van der Waals surface area contributed by atoms with E-state index in [0.717, 1.165) is 24.3 Å². The molecule has 0 aliphatic heterocycles. The van der Waals surface area contributed by atoms with Crippen molar-refractivity contribution >= 4 is 6.21 Å². The largest absolute Gasteiger partial charge is 0.493 e. The molecule has 0 fully saturated rings. The minimum absolute atomic E-state index is 0.0519. The van der Waals surface area contributed by atoms with Gasteiger partial charge < -0.3 is 4.74 Å². The summed E-state index contributed by atoms with van der Waals surface area (Å²) >= 11 is 0. The Hall–Kier alpha value is -1.31. The minimum atomic E-state index is -0.0519. The van der Waals surface area contributed by atoms with Crippen LogP contribution in [0.4, 0.5) is 0 Å². The van der Waals surface area contributed by atoms with E-state index in [-0.39, 0.29) is 5.54 Å². The Kier molecular flexibility index (Phi) is 11.3. The second-order valence-corrected chi connectivity index (χ2v) is 8.00. The molecule has 0 heterocycles.